The van der Waals surface area contributed by atoms with E-state index < -0.39 is 0 Å². The van der Waals surface area contributed by atoms with Gasteiger partial charge in [-0.25, -0.2) is 0 Å². The number of methoxy groups -OCH3 is 3. The van der Waals surface area contributed by atoms with Crippen LogP contribution in [0.1, 0.15) is 24.1 Å². The number of carbonyl (C=O) groups excluding carboxylic acids is 1. The third kappa shape index (κ3) is 6.35. The number of benzene rings is 2. The molecule has 1 atom stereocenters. The first-order valence-corrected chi connectivity index (χ1v) is 11.9. The predicted octanol–water partition coefficient (Wildman–Crippen LogP) is 4.09. The number of amides is 1. The average Bonchev–Trinajstić information content (AvgIpc) is 3.60. The van der Waals surface area contributed by atoms with Gasteiger partial charge in [-0.3, -0.25) is 4.79 Å². The number of rotatable bonds is 12. The van der Waals surface area contributed by atoms with Gasteiger partial charge < -0.3 is 33.1 Å². The monoisotopic (exact) mass is 496 g/mol. The quantitative estimate of drug-likeness (QED) is 0.370. The van der Waals surface area contributed by atoms with Crippen LogP contribution in [0.5, 0.6) is 17.2 Å². The minimum Gasteiger partial charge on any atom is -0.493 e. The summed E-state index contributed by atoms with van der Waals surface area (Å²) in [5, 5.41) is 4.21. The minimum atomic E-state index is -0.126. The van der Waals surface area contributed by atoms with Crippen LogP contribution in [0.4, 0.5) is 0 Å². The first-order chi connectivity index (χ1) is 17.6. The Morgan fingerprint density at radius 2 is 1.81 bits per heavy atom. The van der Waals surface area contributed by atoms with E-state index in [2.05, 4.69) is 5.16 Å². The lowest BCUT2D eigenvalue weighted by atomic mass is 10.1. The lowest BCUT2D eigenvalue weighted by Crippen LogP contribution is -2.39. The van der Waals surface area contributed by atoms with Crippen LogP contribution in [-0.4, -0.2) is 63.2 Å². The van der Waals surface area contributed by atoms with Crippen molar-refractivity contribution in [3.8, 4) is 28.6 Å². The molecule has 9 nitrogen and oxygen atoms in total. The minimum absolute atomic E-state index is 0.00422. The van der Waals surface area contributed by atoms with Crippen molar-refractivity contribution in [1.29, 1.82) is 0 Å². The highest BCUT2D eigenvalue weighted by Gasteiger charge is 2.24. The molecule has 2 heterocycles. The molecule has 1 aliphatic rings. The average molecular weight is 497 g/mol. The van der Waals surface area contributed by atoms with Crippen molar-refractivity contribution in [1.82, 2.24) is 10.1 Å². The molecule has 1 fully saturated rings. The first kappa shape index (κ1) is 25.5. The van der Waals surface area contributed by atoms with Crippen molar-refractivity contribution >= 4 is 5.91 Å². The summed E-state index contributed by atoms with van der Waals surface area (Å²) in [6.07, 6.45) is 1.92. The van der Waals surface area contributed by atoms with Crippen LogP contribution in [0.2, 0.25) is 0 Å². The fraction of sp³-hybridized carbons (Fsp3) is 0.407. The molecule has 0 aliphatic carbocycles. The van der Waals surface area contributed by atoms with Gasteiger partial charge in [-0.15, -0.1) is 0 Å². The molecule has 36 heavy (non-hydrogen) atoms. The molecule has 0 saturated carbocycles. The van der Waals surface area contributed by atoms with E-state index >= 15 is 0 Å². The van der Waals surface area contributed by atoms with E-state index in [1.54, 1.807) is 44.4 Å². The molecule has 1 amide bonds. The Bertz CT molecular complexity index is 1100. The van der Waals surface area contributed by atoms with Gasteiger partial charge in [0, 0.05) is 24.8 Å². The number of ether oxygens (including phenoxy) is 5. The molecule has 0 bridgehead atoms. The van der Waals surface area contributed by atoms with Crippen molar-refractivity contribution in [2.24, 2.45) is 0 Å². The fourth-order valence-corrected chi connectivity index (χ4v) is 4.15. The first-order valence-electron chi connectivity index (χ1n) is 11.9. The topological polar surface area (TPSA) is 92.5 Å². The Morgan fingerprint density at radius 1 is 1.06 bits per heavy atom. The zero-order valence-electron chi connectivity index (χ0n) is 20.9. The molecule has 1 saturated heterocycles. The van der Waals surface area contributed by atoms with Crippen molar-refractivity contribution in [3.63, 3.8) is 0 Å². The number of nitrogens with zero attached hydrogens (tertiary/aromatic N) is 2. The molecule has 0 radical (unpaired) electrons. The molecule has 9 heteroatoms. The molecule has 0 spiro atoms. The second-order valence-electron chi connectivity index (χ2n) is 8.48. The van der Waals surface area contributed by atoms with Crippen LogP contribution in [0, 0.1) is 0 Å². The van der Waals surface area contributed by atoms with E-state index in [0.717, 1.165) is 18.4 Å². The van der Waals surface area contributed by atoms with Crippen LogP contribution < -0.4 is 14.2 Å². The Labute approximate surface area is 210 Å². The van der Waals surface area contributed by atoms with Gasteiger partial charge in [0.25, 0.3) is 0 Å². The maximum Gasteiger partial charge on any atom is 0.249 e. The molecular formula is C27H32N2O7. The summed E-state index contributed by atoms with van der Waals surface area (Å²) in [7, 11) is 4.67. The Hall–Kier alpha value is -3.56. The molecular weight excluding hydrogens is 464 g/mol. The van der Waals surface area contributed by atoms with E-state index in [4.69, 9.17) is 28.2 Å². The number of aromatic nitrogens is 1. The van der Waals surface area contributed by atoms with Gasteiger partial charge in [0.15, 0.2) is 17.3 Å². The number of carbonyl (C=O) groups is 1. The molecule has 4 rings (SSSR count). The van der Waals surface area contributed by atoms with Crippen LogP contribution in [-0.2, 0) is 27.4 Å². The van der Waals surface area contributed by atoms with Crippen LogP contribution in [0.25, 0.3) is 11.3 Å². The lowest BCUT2D eigenvalue weighted by molar-refractivity contribution is -0.138. The van der Waals surface area contributed by atoms with Gasteiger partial charge in [-0.05, 0) is 30.5 Å². The van der Waals surface area contributed by atoms with Crippen molar-refractivity contribution in [2.75, 3.05) is 41.1 Å². The van der Waals surface area contributed by atoms with E-state index in [-0.39, 0.29) is 25.2 Å². The Balaban J connectivity index is 1.47. The third-order valence-electron chi connectivity index (χ3n) is 6.00. The molecule has 1 aromatic heterocycles. The molecule has 2 aromatic carbocycles. The lowest BCUT2D eigenvalue weighted by Gasteiger charge is -2.24. The van der Waals surface area contributed by atoms with Crippen LogP contribution in [0.3, 0.4) is 0 Å². The smallest absolute Gasteiger partial charge is 0.249 e. The zero-order valence-corrected chi connectivity index (χ0v) is 20.9. The maximum absolute atomic E-state index is 13.1. The summed E-state index contributed by atoms with van der Waals surface area (Å²) in [5.41, 5.74) is 2.35. The summed E-state index contributed by atoms with van der Waals surface area (Å²) < 4.78 is 33.4. The molecule has 3 aromatic rings. The normalized spacial score (nSPS) is 15.0. The summed E-state index contributed by atoms with van der Waals surface area (Å²) in [6.45, 7) is 1.81. The number of hydrogen-bond donors (Lipinski definition) is 0. The Kier molecular flexibility index (Phi) is 8.80. The number of hydrogen-bond acceptors (Lipinski definition) is 8. The van der Waals surface area contributed by atoms with Gasteiger partial charge >= 0.3 is 0 Å². The van der Waals surface area contributed by atoms with Crippen LogP contribution >= 0.6 is 0 Å². The third-order valence-corrected chi connectivity index (χ3v) is 6.00. The molecule has 192 valence electrons. The van der Waals surface area contributed by atoms with E-state index in [1.807, 2.05) is 30.3 Å². The largest absolute Gasteiger partial charge is 0.493 e. The summed E-state index contributed by atoms with van der Waals surface area (Å²) in [4.78, 5) is 14.8. The van der Waals surface area contributed by atoms with Gasteiger partial charge in [0.1, 0.15) is 12.3 Å². The summed E-state index contributed by atoms with van der Waals surface area (Å²) in [5.74, 6) is 1.91. The second kappa shape index (κ2) is 12.4. The SMILES string of the molecule is COc1cc(-c2cc(CN(CC3CCCO3)C(=O)COCc3ccccc3)no2)cc(OC)c1OC. The fourth-order valence-electron chi connectivity index (χ4n) is 4.15. The molecule has 0 N–H and O–H groups in total. The van der Waals surface area contributed by atoms with Crippen molar-refractivity contribution in [2.45, 2.75) is 32.1 Å². The highest BCUT2D eigenvalue weighted by molar-refractivity contribution is 5.77. The van der Waals surface area contributed by atoms with Crippen molar-refractivity contribution < 1.29 is 33.0 Å². The standard InChI is InChI=1S/C27H32N2O7/c1-31-24-12-20(13-25(32-2)27(24)33-3)23-14-21(28-36-23)15-29(16-22-10-7-11-35-22)26(30)18-34-17-19-8-5-4-6-9-19/h4-6,8-9,12-14,22H,7,10-11,15-18H2,1-3H3. The van der Waals surface area contributed by atoms with Gasteiger partial charge in [0.05, 0.1) is 40.6 Å². The Morgan fingerprint density at radius 3 is 2.44 bits per heavy atom. The molecule has 1 unspecified atom stereocenters. The maximum atomic E-state index is 13.1. The highest BCUT2D eigenvalue weighted by Crippen LogP contribution is 2.41. The molecule has 1 aliphatic heterocycles. The van der Waals surface area contributed by atoms with Gasteiger partial charge in [-0.2, -0.15) is 0 Å². The highest BCUT2D eigenvalue weighted by atomic mass is 16.5. The zero-order chi connectivity index (χ0) is 25.3. The second-order valence-corrected chi connectivity index (χ2v) is 8.48. The summed E-state index contributed by atoms with van der Waals surface area (Å²) in [6, 6.07) is 15.2. The van der Waals surface area contributed by atoms with Crippen molar-refractivity contribution in [3.05, 3.63) is 59.8 Å². The van der Waals surface area contributed by atoms with Crippen LogP contribution in [0.15, 0.2) is 53.1 Å². The van der Waals surface area contributed by atoms with Gasteiger partial charge in [0.2, 0.25) is 11.7 Å². The van der Waals surface area contributed by atoms with Gasteiger partial charge in [-0.1, -0.05) is 35.5 Å². The predicted molar refractivity (Wildman–Crippen MR) is 132 cm³/mol. The van der Waals surface area contributed by atoms with E-state index in [1.165, 1.54) is 0 Å². The van der Waals surface area contributed by atoms with E-state index in [0.29, 0.717) is 54.0 Å². The summed E-state index contributed by atoms with van der Waals surface area (Å²) >= 11 is 0. The van der Waals surface area contributed by atoms with E-state index in [9.17, 15) is 4.79 Å².